The molecule has 0 atom stereocenters. The van der Waals surface area contributed by atoms with Crippen LogP contribution in [0.1, 0.15) is 26.7 Å². The van der Waals surface area contributed by atoms with Gasteiger partial charge in [-0.15, -0.1) is 0 Å². The Kier molecular flexibility index (Phi) is 6.04. The third-order valence-electron chi connectivity index (χ3n) is 1.02. The van der Waals surface area contributed by atoms with Crippen molar-refractivity contribution in [3.63, 3.8) is 0 Å². The quantitative estimate of drug-likeness (QED) is 0.646. The first-order chi connectivity index (χ1) is 5.20. The molecular formula is C6H10O4Zn. The molecule has 0 bridgehead atoms. The maximum atomic E-state index is 10.5. The fraction of sp³-hybridized carbons (Fsp3) is 0.667. The predicted molar refractivity (Wildman–Crippen MR) is 32.8 cm³/mol. The monoisotopic (exact) mass is 210 g/mol. The summed E-state index contributed by atoms with van der Waals surface area (Å²) in [5.41, 5.74) is 0. The van der Waals surface area contributed by atoms with E-state index in [1.54, 1.807) is 13.8 Å². The topological polar surface area (TPSA) is 52.6 Å². The zero-order valence-corrected chi connectivity index (χ0v) is 9.72. The number of rotatable bonds is 4. The van der Waals surface area contributed by atoms with Crippen LogP contribution < -0.4 is 0 Å². The number of hydrogen-bond acceptors (Lipinski definition) is 4. The Labute approximate surface area is 73.6 Å². The fourth-order valence-corrected chi connectivity index (χ4v) is 1.90. The molecule has 0 fully saturated rings. The Bertz CT molecular complexity index is 130. The number of hydrogen-bond donors (Lipinski definition) is 0. The minimum absolute atomic E-state index is 0.283. The summed E-state index contributed by atoms with van der Waals surface area (Å²) in [6.07, 6.45) is 0.684. The molecule has 0 saturated heterocycles. The van der Waals surface area contributed by atoms with Crippen molar-refractivity contribution in [1.82, 2.24) is 0 Å². The molecule has 0 aliphatic heterocycles. The average Bonchev–Trinajstić information content (AvgIpc) is 2.04. The van der Waals surface area contributed by atoms with Crippen LogP contribution in [0, 0.1) is 0 Å². The maximum absolute atomic E-state index is 10.5. The molecule has 0 unspecified atom stereocenters. The standard InChI is InChI=1S/2C3H6O2.Zn/c2*1-2-3(4)5;/h2*2H2,1H3,(H,4,5);/q;;+2/p-2. The molecule has 0 amide bonds. The Morgan fingerprint density at radius 3 is 1.73 bits per heavy atom. The molecule has 11 heavy (non-hydrogen) atoms. The van der Waals surface area contributed by atoms with Gasteiger partial charge in [0, 0.05) is 0 Å². The molecule has 0 spiro atoms. The summed E-state index contributed by atoms with van der Waals surface area (Å²) in [6.45, 7) is 3.40. The zero-order valence-electron chi connectivity index (χ0n) is 6.75. The van der Waals surface area contributed by atoms with Gasteiger partial charge in [0.25, 0.3) is 0 Å². The summed E-state index contributed by atoms with van der Waals surface area (Å²) < 4.78 is 9.34. The van der Waals surface area contributed by atoms with Gasteiger partial charge in [0.1, 0.15) is 0 Å². The molecule has 0 aromatic heterocycles. The van der Waals surface area contributed by atoms with Crippen molar-refractivity contribution in [3.05, 3.63) is 0 Å². The van der Waals surface area contributed by atoms with E-state index in [0.717, 1.165) is 0 Å². The average molecular weight is 212 g/mol. The van der Waals surface area contributed by atoms with Crippen molar-refractivity contribution >= 4 is 11.9 Å². The second kappa shape index (κ2) is 6.28. The Morgan fingerprint density at radius 2 is 1.45 bits per heavy atom. The molecule has 0 rings (SSSR count). The summed E-state index contributed by atoms with van der Waals surface area (Å²) in [7, 11) is 0. The van der Waals surface area contributed by atoms with Gasteiger partial charge in [-0.05, 0) is 0 Å². The number of carbonyl (C=O) groups excluding carboxylic acids is 2. The molecule has 60 valence electrons. The zero-order chi connectivity index (χ0) is 8.69. The molecule has 0 aliphatic carbocycles. The summed E-state index contributed by atoms with van der Waals surface area (Å²) in [6, 6.07) is 0. The van der Waals surface area contributed by atoms with E-state index in [9.17, 15) is 9.59 Å². The summed E-state index contributed by atoms with van der Waals surface area (Å²) in [4.78, 5) is 21.0. The van der Waals surface area contributed by atoms with E-state index in [-0.39, 0.29) is 11.9 Å². The van der Waals surface area contributed by atoms with Gasteiger partial charge < -0.3 is 0 Å². The van der Waals surface area contributed by atoms with Crippen LogP contribution in [0.5, 0.6) is 0 Å². The molecule has 4 nitrogen and oxygen atoms in total. The molecular weight excluding hydrogens is 201 g/mol. The van der Waals surface area contributed by atoms with Crippen molar-refractivity contribution in [2.75, 3.05) is 0 Å². The SMILES string of the molecule is CCC(=O)[O][Zn][O]C(=O)CC. The van der Waals surface area contributed by atoms with Crippen LogP contribution in [0.15, 0.2) is 0 Å². The van der Waals surface area contributed by atoms with Crippen molar-refractivity contribution in [3.8, 4) is 0 Å². The fourth-order valence-electron chi connectivity index (χ4n) is 0.365. The van der Waals surface area contributed by atoms with Crippen molar-refractivity contribution in [1.29, 1.82) is 0 Å². The van der Waals surface area contributed by atoms with E-state index >= 15 is 0 Å². The van der Waals surface area contributed by atoms with Gasteiger partial charge in [-0.2, -0.15) is 0 Å². The third-order valence-corrected chi connectivity index (χ3v) is 2.86. The summed E-state index contributed by atoms with van der Waals surface area (Å²) >= 11 is -1.80. The van der Waals surface area contributed by atoms with Crippen LogP contribution in [0.25, 0.3) is 0 Å². The van der Waals surface area contributed by atoms with Crippen LogP contribution in [0.2, 0.25) is 0 Å². The van der Waals surface area contributed by atoms with Crippen LogP contribution in [0.3, 0.4) is 0 Å². The minimum atomic E-state index is -1.80. The predicted octanol–water partition coefficient (Wildman–Crippen LogP) is 0.805. The van der Waals surface area contributed by atoms with Crippen molar-refractivity contribution < 1.29 is 34.6 Å². The Balaban J connectivity index is 3.27. The van der Waals surface area contributed by atoms with E-state index in [2.05, 4.69) is 7.13 Å². The van der Waals surface area contributed by atoms with Crippen molar-refractivity contribution in [2.45, 2.75) is 26.7 Å². The second-order valence-electron chi connectivity index (χ2n) is 1.86. The normalized spacial score (nSPS) is 8.18. The van der Waals surface area contributed by atoms with Crippen LogP contribution in [-0.2, 0) is 34.6 Å². The Hall–Kier alpha value is -0.437. The first-order valence-electron chi connectivity index (χ1n) is 3.52. The first-order valence-corrected chi connectivity index (χ1v) is 5.94. The molecule has 0 heterocycles. The second-order valence-corrected chi connectivity index (χ2v) is 3.56. The summed E-state index contributed by atoms with van der Waals surface area (Å²) in [5, 5.41) is 0. The van der Waals surface area contributed by atoms with Gasteiger partial charge in [0.05, 0.1) is 0 Å². The van der Waals surface area contributed by atoms with Crippen LogP contribution >= 0.6 is 0 Å². The van der Waals surface area contributed by atoms with Gasteiger partial charge in [-0.1, -0.05) is 0 Å². The van der Waals surface area contributed by atoms with Gasteiger partial charge in [-0.3, -0.25) is 0 Å². The van der Waals surface area contributed by atoms with Gasteiger partial charge >= 0.3 is 73.2 Å². The molecule has 5 heteroatoms. The molecule has 0 N–H and O–H groups in total. The Morgan fingerprint density at radius 1 is 1.09 bits per heavy atom. The van der Waals surface area contributed by atoms with Crippen molar-refractivity contribution in [2.24, 2.45) is 0 Å². The van der Waals surface area contributed by atoms with E-state index in [4.69, 9.17) is 0 Å². The van der Waals surface area contributed by atoms with E-state index in [1.807, 2.05) is 0 Å². The van der Waals surface area contributed by atoms with Gasteiger partial charge in [0.2, 0.25) is 0 Å². The summed E-state index contributed by atoms with van der Waals surface area (Å²) in [5.74, 6) is -0.567. The van der Waals surface area contributed by atoms with E-state index in [0.29, 0.717) is 12.8 Å². The van der Waals surface area contributed by atoms with Crippen LogP contribution in [0.4, 0.5) is 0 Å². The molecule has 0 aromatic carbocycles. The molecule has 0 saturated carbocycles. The molecule has 0 radical (unpaired) electrons. The molecule has 0 aliphatic rings. The molecule has 0 aromatic rings. The van der Waals surface area contributed by atoms with E-state index < -0.39 is 17.8 Å². The first kappa shape index (κ1) is 10.6. The number of carbonyl (C=O) groups is 2. The van der Waals surface area contributed by atoms with Crippen LogP contribution in [-0.4, -0.2) is 11.9 Å². The van der Waals surface area contributed by atoms with Gasteiger partial charge in [-0.25, -0.2) is 0 Å². The third kappa shape index (κ3) is 5.98. The van der Waals surface area contributed by atoms with E-state index in [1.165, 1.54) is 0 Å². The van der Waals surface area contributed by atoms with Gasteiger partial charge in [0.15, 0.2) is 0 Å².